The van der Waals surface area contributed by atoms with E-state index in [0.29, 0.717) is 15.4 Å². The van der Waals surface area contributed by atoms with Gasteiger partial charge in [-0.3, -0.25) is 14.3 Å². The van der Waals surface area contributed by atoms with Crippen LogP contribution in [0.3, 0.4) is 0 Å². The topological polar surface area (TPSA) is 61.2 Å². The molecule has 0 amide bonds. The van der Waals surface area contributed by atoms with Crippen molar-refractivity contribution >= 4 is 27.5 Å². The lowest BCUT2D eigenvalue weighted by Crippen LogP contribution is -2.16. The van der Waals surface area contributed by atoms with Gasteiger partial charge in [-0.25, -0.2) is 4.79 Å². The molecular formula is C21H16N2O3S. The number of hydrogen-bond acceptors (Lipinski definition) is 5. The number of esters is 1. The third-order valence-electron chi connectivity index (χ3n) is 4.17. The van der Waals surface area contributed by atoms with Crippen molar-refractivity contribution in [1.82, 2.24) is 9.55 Å². The molecule has 0 atom stereocenters. The van der Waals surface area contributed by atoms with E-state index in [0.717, 1.165) is 16.5 Å². The minimum absolute atomic E-state index is 0.174. The second-order valence-corrected chi connectivity index (χ2v) is 6.83. The fraction of sp³-hybridized carbons (Fsp3) is 0.0952. The zero-order valence-corrected chi connectivity index (χ0v) is 15.4. The van der Waals surface area contributed by atoms with Crippen LogP contribution in [0.5, 0.6) is 0 Å². The molecular weight excluding hydrogens is 360 g/mol. The predicted octanol–water partition coefficient (Wildman–Crippen LogP) is 4.29. The number of carbonyl (C=O) groups is 1. The number of carbonyl (C=O) groups excluding carboxylic acids is 1. The van der Waals surface area contributed by atoms with Crippen LogP contribution in [0.25, 0.3) is 27.0 Å². The number of aromatic nitrogens is 2. The highest BCUT2D eigenvalue weighted by molar-refractivity contribution is 7.21. The summed E-state index contributed by atoms with van der Waals surface area (Å²) in [4.78, 5) is 30.5. The van der Waals surface area contributed by atoms with Crippen LogP contribution in [0.4, 0.5) is 0 Å². The van der Waals surface area contributed by atoms with Gasteiger partial charge in [-0.2, -0.15) is 0 Å². The van der Waals surface area contributed by atoms with E-state index >= 15 is 0 Å². The Balaban J connectivity index is 2.08. The van der Waals surface area contributed by atoms with E-state index in [1.54, 1.807) is 36.0 Å². The summed E-state index contributed by atoms with van der Waals surface area (Å²) in [5.41, 5.74) is 2.17. The van der Waals surface area contributed by atoms with Crippen LogP contribution in [-0.4, -0.2) is 22.1 Å². The molecule has 0 saturated heterocycles. The quantitative estimate of drug-likeness (QED) is 0.499. The van der Waals surface area contributed by atoms with E-state index < -0.39 is 0 Å². The standard InChI is InChI=1S/C21H16N2O3S/c1-2-26-21(25)19-18(14-7-4-3-5-8-14)16-10-11-17(24)23(20(16)27-19)15-9-6-12-22-13-15/h3-13H,2H2,1H3. The molecule has 0 saturated carbocycles. The van der Waals surface area contributed by atoms with E-state index in [9.17, 15) is 9.59 Å². The first-order valence-electron chi connectivity index (χ1n) is 8.52. The van der Waals surface area contributed by atoms with Crippen LogP contribution in [0, 0.1) is 0 Å². The Labute approximate surface area is 159 Å². The smallest absolute Gasteiger partial charge is 0.349 e. The Hall–Kier alpha value is -3.25. The van der Waals surface area contributed by atoms with Crippen molar-refractivity contribution in [2.45, 2.75) is 6.92 Å². The van der Waals surface area contributed by atoms with Gasteiger partial charge in [-0.1, -0.05) is 30.3 Å². The van der Waals surface area contributed by atoms with Gasteiger partial charge in [0.2, 0.25) is 0 Å². The molecule has 0 aliphatic heterocycles. The minimum atomic E-state index is -0.386. The molecule has 4 aromatic rings. The molecule has 0 N–H and O–H groups in total. The van der Waals surface area contributed by atoms with Crippen molar-refractivity contribution in [3.8, 4) is 16.8 Å². The highest BCUT2D eigenvalue weighted by Crippen LogP contribution is 2.39. The van der Waals surface area contributed by atoms with Gasteiger partial charge in [0.25, 0.3) is 5.56 Å². The first kappa shape index (κ1) is 17.2. The predicted molar refractivity (Wildman–Crippen MR) is 107 cm³/mol. The Kier molecular flexibility index (Phi) is 4.56. The zero-order chi connectivity index (χ0) is 18.8. The Morgan fingerprint density at radius 1 is 1.11 bits per heavy atom. The van der Waals surface area contributed by atoms with Crippen LogP contribution >= 0.6 is 11.3 Å². The van der Waals surface area contributed by atoms with Crippen LogP contribution in [0.2, 0.25) is 0 Å². The first-order chi connectivity index (χ1) is 13.2. The van der Waals surface area contributed by atoms with Gasteiger partial charge >= 0.3 is 5.97 Å². The van der Waals surface area contributed by atoms with Crippen molar-refractivity contribution in [2.75, 3.05) is 6.61 Å². The molecule has 0 radical (unpaired) electrons. The van der Waals surface area contributed by atoms with Crippen LogP contribution in [0.1, 0.15) is 16.6 Å². The lowest BCUT2D eigenvalue weighted by Gasteiger charge is -2.07. The average Bonchev–Trinajstić information content (AvgIpc) is 3.09. The average molecular weight is 376 g/mol. The van der Waals surface area contributed by atoms with E-state index in [4.69, 9.17) is 4.74 Å². The second kappa shape index (κ2) is 7.17. The van der Waals surface area contributed by atoms with E-state index in [1.807, 2.05) is 36.4 Å². The van der Waals surface area contributed by atoms with E-state index in [2.05, 4.69) is 4.98 Å². The molecule has 0 fully saturated rings. The minimum Gasteiger partial charge on any atom is -0.462 e. The number of fused-ring (bicyclic) bond motifs is 1. The molecule has 134 valence electrons. The molecule has 5 nitrogen and oxygen atoms in total. The number of pyridine rings is 2. The molecule has 4 rings (SSSR count). The van der Waals surface area contributed by atoms with Crippen LogP contribution in [0.15, 0.2) is 71.8 Å². The monoisotopic (exact) mass is 376 g/mol. The maximum Gasteiger partial charge on any atom is 0.349 e. The van der Waals surface area contributed by atoms with Crippen molar-refractivity contribution in [3.63, 3.8) is 0 Å². The Bertz CT molecular complexity index is 1160. The molecule has 0 spiro atoms. The fourth-order valence-electron chi connectivity index (χ4n) is 3.04. The van der Waals surface area contributed by atoms with E-state index in [-0.39, 0.29) is 18.1 Å². The lowest BCUT2D eigenvalue weighted by molar-refractivity contribution is 0.0533. The van der Waals surface area contributed by atoms with Gasteiger partial charge in [0, 0.05) is 23.2 Å². The van der Waals surface area contributed by atoms with E-state index in [1.165, 1.54) is 17.4 Å². The number of nitrogens with zero attached hydrogens (tertiary/aromatic N) is 2. The molecule has 3 heterocycles. The fourth-order valence-corrected chi connectivity index (χ4v) is 4.28. The third kappa shape index (κ3) is 3.04. The van der Waals surface area contributed by atoms with Gasteiger partial charge in [0.1, 0.15) is 9.71 Å². The van der Waals surface area contributed by atoms with Crippen molar-refractivity contribution in [3.05, 3.63) is 82.2 Å². The van der Waals surface area contributed by atoms with Gasteiger partial charge < -0.3 is 4.74 Å². The molecule has 0 unspecified atom stereocenters. The maximum atomic E-state index is 12.6. The second-order valence-electron chi connectivity index (χ2n) is 5.83. The van der Waals surface area contributed by atoms with Gasteiger partial charge in [0.15, 0.2) is 0 Å². The molecule has 1 aromatic carbocycles. The number of hydrogen-bond donors (Lipinski definition) is 0. The molecule has 0 aliphatic carbocycles. The van der Waals surface area contributed by atoms with Gasteiger partial charge in [0.05, 0.1) is 18.5 Å². The van der Waals surface area contributed by atoms with Crippen molar-refractivity contribution in [1.29, 1.82) is 0 Å². The number of ether oxygens (including phenoxy) is 1. The zero-order valence-electron chi connectivity index (χ0n) is 14.6. The van der Waals surface area contributed by atoms with Crippen molar-refractivity contribution < 1.29 is 9.53 Å². The Morgan fingerprint density at radius 3 is 2.63 bits per heavy atom. The summed E-state index contributed by atoms with van der Waals surface area (Å²) >= 11 is 1.26. The molecule has 27 heavy (non-hydrogen) atoms. The lowest BCUT2D eigenvalue weighted by atomic mass is 10.0. The number of rotatable bonds is 4. The normalized spacial score (nSPS) is 10.9. The van der Waals surface area contributed by atoms with Crippen LogP contribution < -0.4 is 5.56 Å². The van der Waals surface area contributed by atoms with Gasteiger partial charge in [-0.15, -0.1) is 11.3 Å². The summed E-state index contributed by atoms with van der Waals surface area (Å²) in [6.45, 7) is 2.07. The van der Waals surface area contributed by atoms with Gasteiger partial charge in [-0.05, 0) is 30.7 Å². The molecule has 0 bridgehead atoms. The summed E-state index contributed by atoms with van der Waals surface area (Å²) < 4.78 is 6.85. The highest BCUT2D eigenvalue weighted by atomic mass is 32.1. The highest BCUT2D eigenvalue weighted by Gasteiger charge is 2.23. The summed E-state index contributed by atoms with van der Waals surface area (Å²) in [5, 5.41) is 0.831. The summed E-state index contributed by atoms with van der Waals surface area (Å²) in [7, 11) is 0. The first-order valence-corrected chi connectivity index (χ1v) is 9.34. The SMILES string of the molecule is CCOC(=O)c1sc2c(ccc(=O)n2-c2cccnc2)c1-c1ccccc1. The molecule has 6 heteroatoms. The van der Waals surface area contributed by atoms with Crippen LogP contribution in [-0.2, 0) is 4.74 Å². The van der Waals surface area contributed by atoms with Crippen molar-refractivity contribution in [2.24, 2.45) is 0 Å². The summed E-state index contributed by atoms with van der Waals surface area (Å²) in [5.74, 6) is -0.386. The maximum absolute atomic E-state index is 12.6. The number of benzene rings is 1. The molecule has 0 aliphatic rings. The Morgan fingerprint density at radius 2 is 1.93 bits per heavy atom. The number of thiophene rings is 1. The third-order valence-corrected chi connectivity index (χ3v) is 5.34. The molecule has 3 aromatic heterocycles. The largest absolute Gasteiger partial charge is 0.462 e. The summed E-state index contributed by atoms with van der Waals surface area (Å²) in [6.07, 6.45) is 3.29. The summed E-state index contributed by atoms with van der Waals surface area (Å²) in [6, 6.07) is 16.5.